The van der Waals surface area contributed by atoms with E-state index in [0.29, 0.717) is 0 Å². The lowest BCUT2D eigenvalue weighted by Gasteiger charge is -2.08. The van der Waals surface area contributed by atoms with Gasteiger partial charge in [-0.25, -0.2) is 13.8 Å². The van der Waals surface area contributed by atoms with E-state index in [1.54, 1.807) is 6.07 Å². The van der Waals surface area contributed by atoms with Crippen molar-refractivity contribution in [1.82, 2.24) is 4.98 Å². The number of hydrogen-bond donors (Lipinski definition) is 1. The van der Waals surface area contributed by atoms with Gasteiger partial charge >= 0.3 is 0 Å². The van der Waals surface area contributed by atoms with Gasteiger partial charge in [0.2, 0.25) is 0 Å². The lowest BCUT2D eigenvalue weighted by atomic mass is 10.2. The third-order valence-electron chi connectivity index (χ3n) is 2.15. The van der Waals surface area contributed by atoms with Crippen molar-refractivity contribution in [2.45, 2.75) is 0 Å². The molecule has 0 aliphatic rings. The van der Waals surface area contributed by atoms with Gasteiger partial charge in [-0.15, -0.1) is 0 Å². The predicted octanol–water partition coefficient (Wildman–Crippen LogP) is 2.61. The van der Waals surface area contributed by atoms with E-state index in [4.69, 9.17) is 15.7 Å². The number of nitrogen functional groups attached to an aromatic ring is 1. The molecule has 1 aromatic heterocycles. The number of halogens is 2. The Morgan fingerprint density at radius 2 is 2.00 bits per heavy atom. The molecule has 1 aromatic carbocycles. The van der Waals surface area contributed by atoms with Crippen LogP contribution in [-0.4, -0.2) is 4.98 Å². The first-order valence-electron chi connectivity index (χ1n) is 4.89. The topological polar surface area (TPSA) is 71.9 Å². The Hall–Kier alpha value is -2.68. The number of anilines is 1. The third kappa shape index (κ3) is 2.20. The van der Waals surface area contributed by atoms with E-state index >= 15 is 0 Å². The molecule has 0 unspecified atom stereocenters. The third-order valence-corrected chi connectivity index (χ3v) is 2.15. The van der Waals surface area contributed by atoms with E-state index < -0.39 is 11.6 Å². The summed E-state index contributed by atoms with van der Waals surface area (Å²) in [5.41, 5.74) is 4.87. The maximum Gasteiger partial charge on any atom is 0.183 e. The summed E-state index contributed by atoms with van der Waals surface area (Å²) in [6, 6.07) is 6.36. The van der Waals surface area contributed by atoms with Gasteiger partial charge in [0.15, 0.2) is 23.0 Å². The number of pyridine rings is 1. The number of aromatic nitrogens is 1. The summed E-state index contributed by atoms with van der Waals surface area (Å²) in [6.07, 6.45) is 1.39. The van der Waals surface area contributed by atoms with Crippen molar-refractivity contribution in [3.05, 3.63) is 47.8 Å². The van der Waals surface area contributed by atoms with Crippen LogP contribution in [0.15, 0.2) is 30.5 Å². The molecule has 4 nitrogen and oxygen atoms in total. The Labute approximate surface area is 101 Å². The maximum atomic E-state index is 13.5. The molecule has 0 aliphatic heterocycles. The summed E-state index contributed by atoms with van der Waals surface area (Å²) in [7, 11) is 0. The van der Waals surface area contributed by atoms with Gasteiger partial charge < -0.3 is 10.5 Å². The van der Waals surface area contributed by atoms with Crippen LogP contribution in [0.2, 0.25) is 0 Å². The molecule has 0 atom stereocenters. The standard InChI is InChI=1S/C12H7F2N3O/c13-7-5-12(8(14)4-9(7)16)18-11-2-1-3-17-10(11)6-15/h1-5H,16H2. The van der Waals surface area contributed by atoms with Crippen molar-refractivity contribution < 1.29 is 13.5 Å². The van der Waals surface area contributed by atoms with Crippen molar-refractivity contribution in [3.63, 3.8) is 0 Å². The summed E-state index contributed by atoms with van der Waals surface area (Å²) < 4.78 is 31.8. The average molecular weight is 247 g/mol. The van der Waals surface area contributed by atoms with Crippen LogP contribution >= 0.6 is 0 Å². The molecule has 0 aliphatic carbocycles. The van der Waals surface area contributed by atoms with Crippen molar-refractivity contribution in [2.24, 2.45) is 0 Å². The van der Waals surface area contributed by atoms with Gasteiger partial charge in [0, 0.05) is 18.3 Å². The maximum absolute atomic E-state index is 13.5. The van der Waals surface area contributed by atoms with Gasteiger partial charge in [-0.1, -0.05) is 0 Å². The highest BCUT2D eigenvalue weighted by Gasteiger charge is 2.12. The fourth-order valence-corrected chi connectivity index (χ4v) is 1.30. The first-order chi connectivity index (χ1) is 8.61. The molecule has 90 valence electrons. The fourth-order valence-electron chi connectivity index (χ4n) is 1.30. The molecule has 0 saturated carbocycles. The molecule has 6 heteroatoms. The molecule has 0 bridgehead atoms. The number of rotatable bonds is 2. The van der Waals surface area contributed by atoms with E-state index in [9.17, 15) is 8.78 Å². The fraction of sp³-hybridized carbons (Fsp3) is 0. The van der Waals surface area contributed by atoms with Crippen LogP contribution in [0, 0.1) is 23.0 Å². The number of nitrogens with zero attached hydrogens (tertiary/aromatic N) is 2. The van der Waals surface area contributed by atoms with Crippen LogP contribution in [0.25, 0.3) is 0 Å². The van der Waals surface area contributed by atoms with Crippen LogP contribution in [0.4, 0.5) is 14.5 Å². The van der Waals surface area contributed by atoms with Crippen LogP contribution in [-0.2, 0) is 0 Å². The molecule has 0 spiro atoms. The van der Waals surface area contributed by atoms with E-state index in [2.05, 4.69) is 4.98 Å². The Balaban J connectivity index is 2.41. The smallest absolute Gasteiger partial charge is 0.183 e. The zero-order chi connectivity index (χ0) is 13.1. The lowest BCUT2D eigenvalue weighted by Crippen LogP contribution is -1.97. The molecule has 2 aromatic rings. The SMILES string of the molecule is N#Cc1ncccc1Oc1cc(F)c(N)cc1F. The van der Waals surface area contributed by atoms with E-state index in [1.807, 2.05) is 0 Å². The van der Waals surface area contributed by atoms with Gasteiger partial charge in [0.25, 0.3) is 0 Å². The van der Waals surface area contributed by atoms with Gasteiger partial charge in [0.05, 0.1) is 5.69 Å². The van der Waals surface area contributed by atoms with Crippen LogP contribution in [0.1, 0.15) is 5.69 Å². The summed E-state index contributed by atoms with van der Waals surface area (Å²) >= 11 is 0. The van der Waals surface area contributed by atoms with Crippen molar-refractivity contribution in [1.29, 1.82) is 5.26 Å². The zero-order valence-electron chi connectivity index (χ0n) is 9.02. The summed E-state index contributed by atoms with van der Waals surface area (Å²) in [4.78, 5) is 3.74. The summed E-state index contributed by atoms with van der Waals surface area (Å²) in [5.74, 6) is -1.93. The quantitative estimate of drug-likeness (QED) is 0.828. The lowest BCUT2D eigenvalue weighted by molar-refractivity contribution is 0.434. The molecule has 2 N–H and O–H groups in total. The first-order valence-corrected chi connectivity index (χ1v) is 4.89. The predicted molar refractivity (Wildman–Crippen MR) is 59.8 cm³/mol. The molecular formula is C12H7F2N3O. The van der Waals surface area contributed by atoms with E-state index in [0.717, 1.165) is 12.1 Å². The number of nitrogens with two attached hydrogens (primary N) is 1. The normalized spacial score (nSPS) is 9.83. The largest absolute Gasteiger partial charge is 0.451 e. The van der Waals surface area contributed by atoms with Crippen molar-refractivity contribution >= 4 is 5.69 Å². The highest BCUT2D eigenvalue weighted by Crippen LogP contribution is 2.28. The van der Waals surface area contributed by atoms with Crippen LogP contribution in [0.5, 0.6) is 11.5 Å². The minimum absolute atomic E-state index is 0.0193. The number of benzene rings is 1. The monoisotopic (exact) mass is 247 g/mol. The molecule has 1 heterocycles. The highest BCUT2D eigenvalue weighted by atomic mass is 19.1. The molecule has 2 rings (SSSR count). The second kappa shape index (κ2) is 4.67. The summed E-state index contributed by atoms with van der Waals surface area (Å²) in [6.45, 7) is 0. The van der Waals surface area contributed by atoms with E-state index in [1.165, 1.54) is 18.3 Å². The molecule has 0 saturated heterocycles. The Kier molecular flexibility index (Phi) is 3.06. The molecule has 0 radical (unpaired) electrons. The Morgan fingerprint density at radius 3 is 2.72 bits per heavy atom. The number of nitriles is 1. The van der Waals surface area contributed by atoms with Crippen molar-refractivity contribution in [3.8, 4) is 17.6 Å². The van der Waals surface area contributed by atoms with E-state index in [-0.39, 0.29) is 22.9 Å². The average Bonchev–Trinajstić information content (AvgIpc) is 2.36. The second-order valence-corrected chi connectivity index (χ2v) is 3.37. The van der Waals surface area contributed by atoms with Crippen molar-refractivity contribution in [2.75, 3.05) is 5.73 Å². The molecule has 0 fully saturated rings. The number of ether oxygens (including phenoxy) is 1. The van der Waals surface area contributed by atoms with Crippen LogP contribution < -0.4 is 10.5 Å². The molecule has 18 heavy (non-hydrogen) atoms. The highest BCUT2D eigenvalue weighted by molar-refractivity contribution is 5.47. The zero-order valence-corrected chi connectivity index (χ0v) is 9.02. The van der Waals surface area contributed by atoms with Gasteiger partial charge in [-0.05, 0) is 12.1 Å². The number of hydrogen-bond acceptors (Lipinski definition) is 4. The summed E-state index contributed by atoms with van der Waals surface area (Å²) in [5, 5.41) is 8.78. The minimum Gasteiger partial charge on any atom is -0.451 e. The van der Waals surface area contributed by atoms with Gasteiger partial charge in [-0.2, -0.15) is 5.26 Å². The Bertz CT molecular complexity index is 638. The second-order valence-electron chi connectivity index (χ2n) is 3.37. The van der Waals surface area contributed by atoms with Gasteiger partial charge in [-0.3, -0.25) is 0 Å². The first kappa shape index (κ1) is 11.8. The van der Waals surface area contributed by atoms with Crippen LogP contribution in [0.3, 0.4) is 0 Å². The molecular weight excluding hydrogens is 240 g/mol. The minimum atomic E-state index is -0.818. The Morgan fingerprint density at radius 1 is 1.22 bits per heavy atom. The molecule has 0 amide bonds. The van der Waals surface area contributed by atoms with Gasteiger partial charge in [0.1, 0.15) is 11.9 Å².